The van der Waals surface area contributed by atoms with Crippen molar-refractivity contribution in [3.63, 3.8) is 0 Å². The average Bonchev–Trinajstić information content (AvgIpc) is 2.97. The van der Waals surface area contributed by atoms with Crippen molar-refractivity contribution >= 4 is 17.4 Å². The van der Waals surface area contributed by atoms with Gasteiger partial charge in [-0.3, -0.25) is 4.79 Å². The standard InChI is InChI=1S/C30H39FN4O2/c1-2-22-19-32-30(33-20-22)35-16-12-23(13-17-35)21-37-28-11-10-26(18-27(28)31)24-6-8-25(9-7-24)29(36)34-14-4-3-5-15-34/h6,10-11,18-20,23,25H,2-5,7-9,12-17,21H2,1H3. The van der Waals surface area contributed by atoms with E-state index in [0.29, 0.717) is 24.2 Å². The molecule has 3 aliphatic rings. The first-order chi connectivity index (χ1) is 18.1. The number of rotatable bonds is 7. The van der Waals surface area contributed by atoms with E-state index in [0.717, 1.165) is 100 Å². The minimum atomic E-state index is -0.313. The van der Waals surface area contributed by atoms with Crippen LogP contribution in [0, 0.1) is 17.7 Å². The van der Waals surface area contributed by atoms with Crippen LogP contribution in [0.4, 0.5) is 10.3 Å². The molecule has 2 saturated heterocycles. The second-order valence-corrected chi connectivity index (χ2v) is 10.7. The number of carbonyl (C=O) groups excluding carboxylic acids is 1. The van der Waals surface area contributed by atoms with Crippen LogP contribution in [0.3, 0.4) is 0 Å². The molecule has 1 unspecified atom stereocenters. The molecule has 7 heteroatoms. The lowest BCUT2D eigenvalue weighted by molar-refractivity contribution is -0.136. The van der Waals surface area contributed by atoms with Gasteiger partial charge in [0.1, 0.15) is 0 Å². The molecule has 0 saturated carbocycles. The first-order valence-corrected chi connectivity index (χ1v) is 14.1. The van der Waals surface area contributed by atoms with E-state index in [1.165, 1.54) is 6.42 Å². The first-order valence-electron chi connectivity index (χ1n) is 14.1. The molecule has 1 atom stereocenters. The van der Waals surface area contributed by atoms with Gasteiger partial charge in [0.25, 0.3) is 0 Å². The highest BCUT2D eigenvalue weighted by Gasteiger charge is 2.27. The number of piperidine rings is 2. The highest BCUT2D eigenvalue weighted by Crippen LogP contribution is 2.33. The van der Waals surface area contributed by atoms with Crippen molar-refractivity contribution in [2.75, 3.05) is 37.7 Å². The van der Waals surface area contributed by atoms with Gasteiger partial charge >= 0.3 is 0 Å². The fraction of sp³-hybridized carbons (Fsp3) is 0.567. The van der Waals surface area contributed by atoms with E-state index >= 15 is 0 Å². The maximum absolute atomic E-state index is 14.9. The highest BCUT2D eigenvalue weighted by molar-refractivity contribution is 5.81. The van der Waals surface area contributed by atoms with Crippen molar-refractivity contribution in [2.24, 2.45) is 11.8 Å². The Morgan fingerprint density at radius 3 is 2.46 bits per heavy atom. The maximum Gasteiger partial charge on any atom is 0.226 e. The lowest BCUT2D eigenvalue weighted by atomic mass is 9.85. The van der Waals surface area contributed by atoms with E-state index < -0.39 is 0 Å². The van der Waals surface area contributed by atoms with Crippen LogP contribution in [0.25, 0.3) is 5.57 Å². The van der Waals surface area contributed by atoms with E-state index in [2.05, 4.69) is 27.9 Å². The zero-order valence-electron chi connectivity index (χ0n) is 22.0. The van der Waals surface area contributed by atoms with Crippen LogP contribution >= 0.6 is 0 Å². The highest BCUT2D eigenvalue weighted by atomic mass is 19.1. The average molecular weight is 507 g/mol. The van der Waals surface area contributed by atoms with Crippen LogP contribution in [-0.2, 0) is 11.2 Å². The third kappa shape index (κ3) is 6.31. The monoisotopic (exact) mass is 506 g/mol. The summed E-state index contributed by atoms with van der Waals surface area (Å²) in [4.78, 5) is 26.1. The molecule has 1 aliphatic carbocycles. The normalized spacial score (nSPS) is 21.0. The summed E-state index contributed by atoms with van der Waals surface area (Å²) >= 11 is 0. The predicted molar refractivity (Wildman–Crippen MR) is 144 cm³/mol. The Kier molecular flexibility index (Phi) is 8.37. The van der Waals surface area contributed by atoms with Gasteiger partial charge in [0, 0.05) is 44.5 Å². The zero-order chi connectivity index (χ0) is 25.6. The summed E-state index contributed by atoms with van der Waals surface area (Å²) in [5.41, 5.74) is 3.18. The molecular formula is C30H39FN4O2. The zero-order valence-corrected chi connectivity index (χ0v) is 22.0. The summed E-state index contributed by atoms with van der Waals surface area (Å²) in [6.07, 6.45) is 14.7. The largest absolute Gasteiger partial charge is 0.490 e. The smallest absolute Gasteiger partial charge is 0.226 e. The number of amides is 1. The lowest BCUT2D eigenvalue weighted by Crippen LogP contribution is -2.40. The summed E-state index contributed by atoms with van der Waals surface area (Å²) in [5, 5.41) is 0. The van der Waals surface area contributed by atoms with Crippen molar-refractivity contribution in [1.82, 2.24) is 14.9 Å². The van der Waals surface area contributed by atoms with Crippen LogP contribution in [0.1, 0.15) is 69.4 Å². The number of benzene rings is 1. The van der Waals surface area contributed by atoms with Gasteiger partial charge in [0.05, 0.1) is 6.61 Å². The number of aromatic nitrogens is 2. The Labute approximate surface area is 219 Å². The molecule has 2 aliphatic heterocycles. The number of ether oxygens (including phenoxy) is 1. The summed E-state index contributed by atoms with van der Waals surface area (Å²) in [5.74, 6) is 1.56. The Bertz CT molecular complexity index is 1090. The fourth-order valence-electron chi connectivity index (χ4n) is 5.71. The number of hydrogen-bond acceptors (Lipinski definition) is 5. The number of hydrogen-bond donors (Lipinski definition) is 0. The predicted octanol–water partition coefficient (Wildman–Crippen LogP) is 5.67. The van der Waals surface area contributed by atoms with E-state index in [4.69, 9.17) is 4.74 Å². The van der Waals surface area contributed by atoms with E-state index in [-0.39, 0.29) is 11.7 Å². The molecule has 198 valence electrons. The quantitative estimate of drug-likeness (QED) is 0.484. The lowest BCUT2D eigenvalue weighted by Gasteiger charge is -2.32. The Morgan fingerprint density at radius 2 is 1.81 bits per heavy atom. The van der Waals surface area contributed by atoms with E-state index in [1.807, 2.05) is 23.4 Å². The molecule has 3 heterocycles. The SMILES string of the molecule is CCc1cnc(N2CCC(COc3ccc(C4=CCC(C(=O)N5CCCCC5)CC4)cc3F)CC2)nc1. The van der Waals surface area contributed by atoms with Crippen molar-refractivity contribution in [3.8, 4) is 5.75 Å². The van der Waals surface area contributed by atoms with Crippen molar-refractivity contribution in [1.29, 1.82) is 0 Å². The van der Waals surface area contributed by atoms with Gasteiger partial charge in [-0.2, -0.15) is 0 Å². The topological polar surface area (TPSA) is 58.6 Å². The summed E-state index contributed by atoms with van der Waals surface area (Å²) in [6.45, 7) is 6.19. The molecule has 0 bridgehead atoms. The molecule has 1 amide bonds. The van der Waals surface area contributed by atoms with E-state index in [1.54, 1.807) is 12.1 Å². The Balaban J connectivity index is 1.10. The Hall–Kier alpha value is -2.96. The molecule has 37 heavy (non-hydrogen) atoms. The molecule has 5 rings (SSSR count). The van der Waals surface area contributed by atoms with Crippen LogP contribution in [0.2, 0.25) is 0 Å². The molecule has 6 nitrogen and oxygen atoms in total. The molecule has 0 spiro atoms. The second kappa shape index (κ2) is 12.1. The van der Waals surface area contributed by atoms with Crippen molar-refractivity contribution in [2.45, 2.75) is 64.7 Å². The van der Waals surface area contributed by atoms with Gasteiger partial charge in [-0.05, 0) is 92.5 Å². The van der Waals surface area contributed by atoms with Crippen LogP contribution in [0.5, 0.6) is 5.75 Å². The second-order valence-electron chi connectivity index (χ2n) is 10.7. The van der Waals surface area contributed by atoms with Gasteiger partial charge in [-0.1, -0.05) is 19.1 Å². The molecule has 1 aromatic carbocycles. The number of likely N-dealkylation sites (tertiary alicyclic amines) is 1. The summed E-state index contributed by atoms with van der Waals surface area (Å²) in [7, 11) is 0. The summed E-state index contributed by atoms with van der Waals surface area (Å²) < 4.78 is 20.8. The summed E-state index contributed by atoms with van der Waals surface area (Å²) in [6, 6.07) is 5.31. The number of carbonyl (C=O) groups is 1. The van der Waals surface area contributed by atoms with Gasteiger partial charge in [-0.15, -0.1) is 0 Å². The molecule has 2 aromatic rings. The number of allylic oxidation sites excluding steroid dienone is 2. The number of nitrogens with zero attached hydrogens (tertiary/aromatic N) is 4. The first kappa shape index (κ1) is 25.7. The minimum absolute atomic E-state index is 0.0722. The fourth-order valence-corrected chi connectivity index (χ4v) is 5.71. The maximum atomic E-state index is 14.9. The number of halogens is 1. The van der Waals surface area contributed by atoms with Gasteiger partial charge < -0.3 is 14.5 Å². The minimum Gasteiger partial charge on any atom is -0.490 e. The molecule has 2 fully saturated rings. The van der Waals surface area contributed by atoms with Crippen LogP contribution in [-0.4, -0.2) is 53.6 Å². The van der Waals surface area contributed by atoms with Gasteiger partial charge in [0.15, 0.2) is 11.6 Å². The number of aryl methyl sites for hydroxylation is 1. The third-order valence-electron chi connectivity index (χ3n) is 8.20. The molecule has 0 radical (unpaired) electrons. The third-order valence-corrected chi connectivity index (χ3v) is 8.20. The molecule has 0 N–H and O–H groups in total. The van der Waals surface area contributed by atoms with Crippen molar-refractivity contribution < 1.29 is 13.9 Å². The molecule has 1 aromatic heterocycles. The van der Waals surface area contributed by atoms with Crippen molar-refractivity contribution in [3.05, 3.63) is 53.6 Å². The number of anilines is 1. The Morgan fingerprint density at radius 1 is 1.05 bits per heavy atom. The van der Waals surface area contributed by atoms with Gasteiger partial charge in [0.2, 0.25) is 11.9 Å². The van der Waals surface area contributed by atoms with Crippen LogP contribution < -0.4 is 9.64 Å². The molecular weight excluding hydrogens is 467 g/mol. The van der Waals surface area contributed by atoms with E-state index in [9.17, 15) is 9.18 Å². The van der Waals surface area contributed by atoms with Gasteiger partial charge in [-0.25, -0.2) is 14.4 Å². The van der Waals surface area contributed by atoms with Crippen LogP contribution in [0.15, 0.2) is 36.7 Å².